The van der Waals surface area contributed by atoms with E-state index in [9.17, 15) is 14.4 Å². The van der Waals surface area contributed by atoms with Gasteiger partial charge in [-0.15, -0.1) is 0 Å². The van der Waals surface area contributed by atoms with Crippen LogP contribution in [0.3, 0.4) is 0 Å². The van der Waals surface area contributed by atoms with Crippen LogP contribution in [0.15, 0.2) is 36.4 Å². The van der Waals surface area contributed by atoms with Crippen molar-refractivity contribution in [3.63, 3.8) is 0 Å². The van der Waals surface area contributed by atoms with Gasteiger partial charge in [-0.05, 0) is 49.6 Å². The second-order valence-corrected chi connectivity index (χ2v) is 9.77. The Balaban J connectivity index is 1.57. The SMILES string of the molecule is CCc1cccc2c1NC(=O)[C@]21[C@@H]2C(=O)N(c3cc(Cl)ccc3Cl)C(=O)[C@@H]2[C@@H]2CCCN21. The Hall–Kier alpha value is -2.41. The highest BCUT2D eigenvalue weighted by Gasteiger charge is 2.74. The topological polar surface area (TPSA) is 69.7 Å². The second-order valence-electron chi connectivity index (χ2n) is 8.93. The molecule has 0 radical (unpaired) electrons. The highest BCUT2D eigenvalue weighted by Crippen LogP contribution is 2.61. The van der Waals surface area contributed by atoms with Crippen molar-refractivity contribution in [2.75, 3.05) is 16.8 Å². The number of anilines is 2. The van der Waals surface area contributed by atoms with Crippen molar-refractivity contribution in [2.24, 2.45) is 11.8 Å². The number of carbonyl (C=O) groups is 3. The molecular weight excluding hydrogens is 449 g/mol. The Bertz CT molecular complexity index is 1210. The van der Waals surface area contributed by atoms with E-state index in [1.807, 2.05) is 25.1 Å². The van der Waals surface area contributed by atoms with Crippen LogP contribution < -0.4 is 10.2 Å². The lowest BCUT2D eigenvalue weighted by molar-refractivity contribution is -0.135. The molecule has 3 fully saturated rings. The smallest absolute Gasteiger partial charge is 0.250 e. The number of carbonyl (C=O) groups excluding carboxylic acids is 3. The van der Waals surface area contributed by atoms with E-state index in [0.29, 0.717) is 11.6 Å². The van der Waals surface area contributed by atoms with Crippen LogP contribution in [0.4, 0.5) is 11.4 Å². The molecule has 4 heterocycles. The quantitative estimate of drug-likeness (QED) is 0.675. The zero-order valence-corrected chi connectivity index (χ0v) is 18.9. The molecule has 0 aliphatic carbocycles. The summed E-state index contributed by atoms with van der Waals surface area (Å²) in [5.41, 5.74) is 1.72. The fraction of sp³-hybridized carbons (Fsp3) is 0.375. The predicted octanol–water partition coefficient (Wildman–Crippen LogP) is 3.99. The minimum Gasteiger partial charge on any atom is -0.324 e. The standard InChI is InChI=1S/C24H21Cl2N3O3/c1-2-12-5-3-6-14-20(12)27-23(32)24(14)19-18(16-7-4-10-28(16)24)21(30)29(22(19)31)17-11-13(25)8-9-15(17)26/h3,5-6,8-9,11,16,18-19H,2,4,7,10H2,1H3,(H,27,32)/t16-,18+,19-,24+/m0/s1. The van der Waals surface area contributed by atoms with Crippen LogP contribution >= 0.6 is 23.2 Å². The number of hydrogen-bond donors (Lipinski definition) is 1. The molecule has 0 unspecified atom stereocenters. The van der Waals surface area contributed by atoms with Crippen LogP contribution in [-0.2, 0) is 26.3 Å². The van der Waals surface area contributed by atoms with Gasteiger partial charge in [-0.1, -0.05) is 48.3 Å². The number of rotatable bonds is 2. The third kappa shape index (κ3) is 2.28. The lowest BCUT2D eigenvalue weighted by Gasteiger charge is -2.36. The molecule has 0 saturated carbocycles. The van der Waals surface area contributed by atoms with Gasteiger partial charge in [0.25, 0.3) is 0 Å². The normalized spacial score (nSPS) is 30.8. The molecule has 32 heavy (non-hydrogen) atoms. The summed E-state index contributed by atoms with van der Waals surface area (Å²) in [7, 11) is 0. The van der Waals surface area contributed by atoms with Crippen LogP contribution in [0.5, 0.6) is 0 Å². The third-order valence-electron chi connectivity index (χ3n) is 7.64. The van der Waals surface area contributed by atoms with Gasteiger partial charge < -0.3 is 5.32 Å². The molecule has 0 bridgehead atoms. The van der Waals surface area contributed by atoms with Crippen LogP contribution in [0, 0.1) is 11.8 Å². The first-order chi connectivity index (χ1) is 15.4. The van der Waals surface area contributed by atoms with E-state index in [4.69, 9.17) is 23.2 Å². The summed E-state index contributed by atoms with van der Waals surface area (Å²) in [6.45, 7) is 2.72. The Morgan fingerprint density at radius 3 is 2.72 bits per heavy atom. The number of nitrogens with zero attached hydrogens (tertiary/aromatic N) is 2. The van der Waals surface area contributed by atoms with Crippen molar-refractivity contribution >= 4 is 52.3 Å². The lowest BCUT2D eigenvalue weighted by Crippen LogP contribution is -2.54. The molecule has 8 heteroatoms. The minimum atomic E-state index is -1.18. The summed E-state index contributed by atoms with van der Waals surface area (Å²) in [5, 5.41) is 3.74. The monoisotopic (exact) mass is 469 g/mol. The Morgan fingerprint density at radius 2 is 1.94 bits per heavy atom. The largest absolute Gasteiger partial charge is 0.324 e. The van der Waals surface area contributed by atoms with Crippen molar-refractivity contribution in [3.8, 4) is 0 Å². The van der Waals surface area contributed by atoms with Crippen LogP contribution in [0.25, 0.3) is 0 Å². The van der Waals surface area contributed by atoms with E-state index in [1.165, 1.54) is 6.07 Å². The van der Waals surface area contributed by atoms with Crippen LogP contribution in [-0.4, -0.2) is 35.2 Å². The average Bonchev–Trinajstić information content (AvgIpc) is 3.48. The summed E-state index contributed by atoms with van der Waals surface area (Å²) < 4.78 is 0. The van der Waals surface area contributed by atoms with Gasteiger partial charge in [-0.3, -0.25) is 19.3 Å². The Kier molecular flexibility index (Phi) is 4.29. The number of imide groups is 1. The maximum atomic E-state index is 14.0. The Morgan fingerprint density at radius 1 is 1.12 bits per heavy atom. The number of nitrogens with one attached hydrogen (secondary N) is 1. The van der Waals surface area contributed by atoms with E-state index in [0.717, 1.165) is 41.0 Å². The highest BCUT2D eigenvalue weighted by atomic mass is 35.5. The van der Waals surface area contributed by atoms with Gasteiger partial charge in [0.15, 0.2) is 0 Å². The van der Waals surface area contributed by atoms with Crippen molar-refractivity contribution in [1.82, 2.24) is 4.90 Å². The fourth-order valence-electron chi connectivity index (χ4n) is 6.48. The number of aryl methyl sites for hydroxylation is 1. The van der Waals surface area contributed by atoms with Gasteiger partial charge >= 0.3 is 0 Å². The van der Waals surface area contributed by atoms with E-state index >= 15 is 0 Å². The molecule has 1 spiro atoms. The Labute approximate surface area is 195 Å². The van der Waals surface area contributed by atoms with Crippen LogP contribution in [0.1, 0.15) is 30.9 Å². The third-order valence-corrected chi connectivity index (χ3v) is 8.20. The maximum Gasteiger partial charge on any atom is 0.250 e. The molecule has 6 nitrogen and oxygen atoms in total. The van der Waals surface area contributed by atoms with Crippen LogP contribution in [0.2, 0.25) is 10.0 Å². The van der Waals surface area contributed by atoms with Gasteiger partial charge in [0, 0.05) is 22.3 Å². The number of para-hydroxylation sites is 1. The van der Waals surface area contributed by atoms with Gasteiger partial charge in [-0.25, -0.2) is 4.90 Å². The summed E-state index contributed by atoms with van der Waals surface area (Å²) >= 11 is 12.5. The van der Waals surface area contributed by atoms with Gasteiger partial charge in [0.1, 0.15) is 5.54 Å². The predicted molar refractivity (Wildman–Crippen MR) is 122 cm³/mol. The molecule has 1 N–H and O–H groups in total. The lowest BCUT2D eigenvalue weighted by atomic mass is 9.75. The zero-order valence-electron chi connectivity index (χ0n) is 17.4. The first-order valence-corrected chi connectivity index (χ1v) is 11.7. The molecule has 2 aromatic rings. The molecule has 0 aromatic heterocycles. The summed E-state index contributed by atoms with van der Waals surface area (Å²) in [6.07, 6.45) is 2.41. The molecule has 3 saturated heterocycles. The van der Waals surface area contributed by atoms with Gasteiger partial charge in [0.2, 0.25) is 17.7 Å². The second kappa shape index (κ2) is 6.80. The van der Waals surface area contributed by atoms with E-state index in [-0.39, 0.29) is 34.5 Å². The first kappa shape index (κ1) is 20.2. The maximum absolute atomic E-state index is 14.0. The molecule has 164 valence electrons. The number of fused-ring (bicyclic) bond motifs is 7. The summed E-state index contributed by atoms with van der Waals surface area (Å²) in [4.78, 5) is 44.7. The van der Waals surface area contributed by atoms with Gasteiger partial charge in [0.05, 0.1) is 22.5 Å². The minimum absolute atomic E-state index is 0.165. The molecule has 2 aromatic carbocycles. The van der Waals surface area contributed by atoms with E-state index in [1.54, 1.807) is 12.1 Å². The van der Waals surface area contributed by atoms with E-state index < -0.39 is 17.4 Å². The van der Waals surface area contributed by atoms with E-state index in [2.05, 4.69) is 10.2 Å². The van der Waals surface area contributed by atoms with Gasteiger partial charge in [-0.2, -0.15) is 0 Å². The number of hydrogen-bond acceptors (Lipinski definition) is 4. The molecule has 6 rings (SSSR count). The molecule has 4 atom stereocenters. The van der Waals surface area contributed by atoms with Crippen molar-refractivity contribution in [1.29, 1.82) is 0 Å². The first-order valence-electron chi connectivity index (χ1n) is 10.9. The number of halogens is 2. The molecular formula is C24H21Cl2N3O3. The fourth-order valence-corrected chi connectivity index (χ4v) is 6.85. The summed E-state index contributed by atoms with van der Waals surface area (Å²) in [5.74, 6) is -2.30. The van der Waals surface area contributed by atoms with Crippen molar-refractivity contribution in [3.05, 3.63) is 57.6 Å². The average molecular weight is 470 g/mol. The molecule has 3 amide bonds. The summed E-state index contributed by atoms with van der Waals surface area (Å²) in [6, 6.07) is 10.4. The van der Waals surface area contributed by atoms with Crippen molar-refractivity contribution < 1.29 is 14.4 Å². The molecule has 4 aliphatic heterocycles. The highest BCUT2D eigenvalue weighted by molar-refractivity contribution is 6.38. The molecule has 4 aliphatic rings. The zero-order chi connectivity index (χ0) is 22.4. The van der Waals surface area contributed by atoms with Crippen molar-refractivity contribution in [2.45, 2.75) is 37.8 Å². The number of amides is 3. The number of benzene rings is 2.